The molecule has 9 nitrogen and oxygen atoms in total. The molecule has 2 aliphatic heterocycles. The van der Waals surface area contributed by atoms with Crippen molar-refractivity contribution >= 4 is 40.1 Å². The Hall–Kier alpha value is -2.30. The summed E-state index contributed by atoms with van der Waals surface area (Å²) in [5.74, 6) is -1.01. The minimum absolute atomic E-state index is 0.0480. The second-order valence-corrected chi connectivity index (χ2v) is 10.1. The Morgan fingerprint density at radius 1 is 1.19 bits per heavy atom. The van der Waals surface area contributed by atoms with Gasteiger partial charge in [-0.1, -0.05) is 11.8 Å². The molecule has 5 atom stereocenters. The maximum Gasteiger partial charge on any atom is 0.227 e. The van der Waals surface area contributed by atoms with Crippen LogP contribution in [0, 0.1) is 11.8 Å². The lowest BCUT2D eigenvalue weighted by molar-refractivity contribution is -0.142. The molecule has 2 amide bonds. The smallest absolute Gasteiger partial charge is 0.227 e. The van der Waals surface area contributed by atoms with Crippen molar-refractivity contribution in [1.29, 1.82) is 0 Å². The van der Waals surface area contributed by atoms with Gasteiger partial charge in [0.25, 0.3) is 0 Å². The van der Waals surface area contributed by atoms with Crippen molar-refractivity contribution in [3.63, 3.8) is 0 Å². The lowest BCUT2D eigenvalue weighted by atomic mass is 9.80. The van der Waals surface area contributed by atoms with Crippen LogP contribution in [0.15, 0.2) is 29.3 Å². The maximum absolute atomic E-state index is 13.3. The van der Waals surface area contributed by atoms with Crippen LogP contribution in [-0.4, -0.2) is 82.8 Å². The van der Waals surface area contributed by atoms with Crippen LogP contribution < -0.4 is 16.0 Å². The predicted octanol–water partition coefficient (Wildman–Crippen LogP) is 0.470. The van der Waals surface area contributed by atoms with E-state index in [9.17, 15) is 19.8 Å². The summed E-state index contributed by atoms with van der Waals surface area (Å²) >= 11 is 1.45. The monoisotopic (exact) mass is 461 g/mol. The van der Waals surface area contributed by atoms with Gasteiger partial charge in [-0.25, -0.2) is 0 Å². The number of anilines is 2. The van der Waals surface area contributed by atoms with Gasteiger partial charge in [0, 0.05) is 49.7 Å². The number of amides is 2. The molecule has 0 spiro atoms. The van der Waals surface area contributed by atoms with E-state index < -0.39 is 24.2 Å². The van der Waals surface area contributed by atoms with Gasteiger partial charge in [0.2, 0.25) is 11.8 Å². The van der Waals surface area contributed by atoms with E-state index in [-0.39, 0.29) is 29.4 Å². The van der Waals surface area contributed by atoms with Crippen LogP contribution in [0.5, 0.6) is 0 Å². The molecule has 5 N–H and O–H groups in total. The number of aliphatic hydroxyl groups excluding tert-OH is 2. The number of hydrogen-bond acceptors (Lipinski definition) is 8. The summed E-state index contributed by atoms with van der Waals surface area (Å²) < 4.78 is 0. The van der Waals surface area contributed by atoms with Gasteiger partial charge in [-0.05, 0) is 43.5 Å². The number of likely N-dealkylation sites (tertiary alicyclic amines) is 1. The van der Waals surface area contributed by atoms with Gasteiger partial charge in [0.15, 0.2) is 5.17 Å². The Morgan fingerprint density at radius 2 is 1.84 bits per heavy atom. The number of piperidine rings is 1. The molecule has 32 heavy (non-hydrogen) atoms. The highest BCUT2D eigenvalue weighted by molar-refractivity contribution is 8.15. The third kappa shape index (κ3) is 4.57. The third-order valence-corrected chi connectivity index (χ3v) is 7.96. The summed E-state index contributed by atoms with van der Waals surface area (Å²) in [5, 5.41) is 24.7. The van der Waals surface area contributed by atoms with E-state index in [0.29, 0.717) is 31.1 Å². The number of aliphatic hydroxyl groups is 2. The Kier molecular flexibility index (Phi) is 6.64. The van der Waals surface area contributed by atoms with Crippen LogP contribution in [0.2, 0.25) is 0 Å². The first-order chi connectivity index (χ1) is 15.2. The SMILES string of the molecule is CN(C)c1ccc(NC2=NC3C(O)C(O)CC(C(=O)N4CCC(C(N)=O)CC4)C3S2)cc1. The van der Waals surface area contributed by atoms with Gasteiger partial charge < -0.3 is 31.1 Å². The zero-order valence-electron chi connectivity index (χ0n) is 18.3. The molecule has 0 radical (unpaired) electrons. The number of thioether (sulfide) groups is 1. The summed E-state index contributed by atoms with van der Waals surface area (Å²) in [5.41, 5.74) is 7.35. The number of primary amides is 1. The fourth-order valence-electron chi connectivity index (χ4n) is 4.68. The summed E-state index contributed by atoms with van der Waals surface area (Å²) in [6.07, 6.45) is -0.688. The number of amidine groups is 1. The van der Waals surface area contributed by atoms with Crippen molar-refractivity contribution in [2.45, 2.75) is 42.8 Å². The van der Waals surface area contributed by atoms with Gasteiger partial charge in [-0.2, -0.15) is 0 Å². The quantitative estimate of drug-likeness (QED) is 0.513. The Morgan fingerprint density at radius 3 is 2.44 bits per heavy atom. The van der Waals surface area contributed by atoms with E-state index in [1.807, 2.05) is 43.3 Å². The minimum atomic E-state index is -1.01. The zero-order valence-corrected chi connectivity index (χ0v) is 19.2. The number of hydrogen-bond donors (Lipinski definition) is 4. The molecule has 1 aliphatic carbocycles. The molecular formula is C22H31N5O4S. The number of nitrogens with zero attached hydrogens (tertiary/aromatic N) is 3. The van der Waals surface area contributed by atoms with Crippen LogP contribution in [0.3, 0.4) is 0 Å². The second kappa shape index (κ2) is 9.29. The third-order valence-electron chi connectivity index (χ3n) is 6.65. The van der Waals surface area contributed by atoms with E-state index >= 15 is 0 Å². The molecule has 1 aromatic rings. The number of benzene rings is 1. The highest BCUT2D eigenvalue weighted by Crippen LogP contribution is 2.42. The average molecular weight is 462 g/mol. The maximum atomic E-state index is 13.3. The molecule has 10 heteroatoms. The number of rotatable bonds is 4. The molecule has 0 bridgehead atoms. The average Bonchev–Trinajstić information content (AvgIpc) is 3.20. The van der Waals surface area contributed by atoms with E-state index in [0.717, 1.165) is 11.4 Å². The number of fused-ring (bicyclic) bond motifs is 1. The Balaban J connectivity index is 1.45. The number of carbonyl (C=O) groups is 2. The van der Waals surface area contributed by atoms with Gasteiger partial charge in [0.05, 0.1) is 18.1 Å². The Labute approximate surface area is 192 Å². The number of nitrogens with two attached hydrogens (primary N) is 1. The van der Waals surface area contributed by atoms with Crippen LogP contribution in [0.1, 0.15) is 19.3 Å². The number of nitrogens with one attached hydrogen (secondary N) is 1. The lowest BCUT2D eigenvalue weighted by Crippen LogP contribution is -2.55. The number of aliphatic imine (C=N–C) groups is 1. The summed E-state index contributed by atoms with van der Waals surface area (Å²) in [6.45, 7) is 0.960. The van der Waals surface area contributed by atoms with Gasteiger partial charge in [0.1, 0.15) is 6.10 Å². The highest BCUT2D eigenvalue weighted by atomic mass is 32.2. The minimum Gasteiger partial charge on any atom is -0.390 e. The summed E-state index contributed by atoms with van der Waals surface area (Å²) in [6, 6.07) is 7.35. The number of carbonyl (C=O) groups excluding carboxylic acids is 2. The molecule has 5 unspecified atom stereocenters. The molecule has 2 heterocycles. The van der Waals surface area contributed by atoms with Crippen molar-refractivity contribution < 1.29 is 19.8 Å². The second-order valence-electron chi connectivity index (χ2n) is 8.98. The van der Waals surface area contributed by atoms with Crippen LogP contribution in [0.4, 0.5) is 11.4 Å². The fraction of sp³-hybridized carbons (Fsp3) is 0.591. The van der Waals surface area contributed by atoms with Crippen molar-refractivity contribution in [2.24, 2.45) is 22.6 Å². The molecule has 1 saturated heterocycles. The molecule has 1 aromatic carbocycles. The summed E-state index contributed by atoms with van der Waals surface area (Å²) in [4.78, 5) is 33.1. The molecule has 0 aromatic heterocycles. The molecule has 3 aliphatic rings. The van der Waals surface area contributed by atoms with Crippen molar-refractivity contribution in [3.05, 3.63) is 24.3 Å². The predicted molar refractivity (Wildman–Crippen MR) is 126 cm³/mol. The van der Waals surface area contributed by atoms with E-state index in [4.69, 9.17) is 5.73 Å². The van der Waals surface area contributed by atoms with Crippen molar-refractivity contribution in [3.8, 4) is 0 Å². The molecule has 1 saturated carbocycles. The first-order valence-electron chi connectivity index (χ1n) is 11.0. The highest BCUT2D eigenvalue weighted by Gasteiger charge is 2.51. The normalized spacial score (nSPS) is 30.4. The van der Waals surface area contributed by atoms with E-state index in [1.54, 1.807) is 4.90 Å². The molecule has 2 fully saturated rings. The van der Waals surface area contributed by atoms with Gasteiger partial charge in [-0.15, -0.1) is 0 Å². The van der Waals surface area contributed by atoms with Crippen LogP contribution >= 0.6 is 11.8 Å². The summed E-state index contributed by atoms with van der Waals surface area (Å²) in [7, 11) is 3.95. The standard InChI is InChI=1S/C22H31N5O4S/c1-26(2)14-5-3-13(4-6-14)24-22-25-17-18(29)16(28)11-15(19(17)32-22)21(31)27-9-7-12(8-10-27)20(23)30/h3-6,12,15-19,28-29H,7-11H2,1-2H3,(H2,23,30)(H,24,25). The van der Waals surface area contributed by atoms with Gasteiger partial charge in [-0.3, -0.25) is 14.6 Å². The fourth-order valence-corrected chi connectivity index (χ4v) is 6.05. The van der Waals surface area contributed by atoms with E-state index in [1.165, 1.54) is 11.8 Å². The zero-order chi connectivity index (χ0) is 23.0. The van der Waals surface area contributed by atoms with Crippen molar-refractivity contribution in [2.75, 3.05) is 37.4 Å². The molecule has 174 valence electrons. The van der Waals surface area contributed by atoms with Crippen LogP contribution in [0.25, 0.3) is 0 Å². The first kappa shape index (κ1) is 22.9. The van der Waals surface area contributed by atoms with Crippen molar-refractivity contribution in [1.82, 2.24) is 4.90 Å². The lowest BCUT2D eigenvalue weighted by Gasteiger charge is -2.40. The van der Waals surface area contributed by atoms with Crippen LogP contribution in [-0.2, 0) is 9.59 Å². The van der Waals surface area contributed by atoms with Gasteiger partial charge >= 0.3 is 0 Å². The first-order valence-corrected chi connectivity index (χ1v) is 11.9. The molecular weight excluding hydrogens is 430 g/mol. The Bertz CT molecular complexity index is 885. The topological polar surface area (TPSA) is 131 Å². The molecule has 4 rings (SSSR count). The van der Waals surface area contributed by atoms with E-state index in [2.05, 4.69) is 10.3 Å². The largest absolute Gasteiger partial charge is 0.390 e.